The first-order valence-electron chi connectivity index (χ1n) is 12.9. The summed E-state index contributed by atoms with van der Waals surface area (Å²) in [5.41, 5.74) is 0.143. The third-order valence-corrected chi connectivity index (χ3v) is 10.1. The van der Waals surface area contributed by atoms with Crippen LogP contribution < -0.4 is 0 Å². The first kappa shape index (κ1) is 24.1. The molecule has 2 fully saturated rings. The predicted octanol–water partition coefficient (Wildman–Crippen LogP) is 5.79. The molecule has 5 rings (SSSR count). The lowest BCUT2D eigenvalue weighted by Gasteiger charge is -2.57. The maximum absolute atomic E-state index is 13.4. The molecule has 1 aromatic rings. The number of fused-ring (bicyclic) bond motifs is 5. The third-order valence-electron chi connectivity index (χ3n) is 10.1. The summed E-state index contributed by atoms with van der Waals surface area (Å²) in [6.07, 6.45) is 10.3. The van der Waals surface area contributed by atoms with Crippen LogP contribution in [0.15, 0.2) is 48.1 Å². The predicted molar refractivity (Wildman–Crippen MR) is 131 cm³/mol. The van der Waals surface area contributed by atoms with Gasteiger partial charge in [-0.15, -0.1) is 0 Å². The fraction of sp³-hybridized carbons (Fsp3) is 0.567. The zero-order valence-corrected chi connectivity index (χ0v) is 21.1. The average molecular weight is 479 g/mol. The number of benzene rings is 1. The number of ketones is 2. The highest BCUT2D eigenvalue weighted by atomic mass is 19.1. The first-order chi connectivity index (χ1) is 16.5. The van der Waals surface area contributed by atoms with Crippen molar-refractivity contribution in [3.8, 4) is 0 Å². The van der Waals surface area contributed by atoms with Crippen LogP contribution in [-0.2, 0) is 25.5 Å². The van der Waals surface area contributed by atoms with Crippen molar-refractivity contribution >= 4 is 17.5 Å². The zero-order valence-electron chi connectivity index (χ0n) is 21.1. The van der Waals surface area contributed by atoms with Gasteiger partial charge in [-0.05, 0) is 85.1 Å². The number of allylic oxidation sites excluding steroid dienone is 4. The van der Waals surface area contributed by atoms with Crippen molar-refractivity contribution in [3.63, 3.8) is 0 Å². The molecule has 4 aliphatic carbocycles. The van der Waals surface area contributed by atoms with Gasteiger partial charge in [0.25, 0.3) is 0 Å². The van der Waals surface area contributed by atoms with Crippen LogP contribution in [-0.4, -0.2) is 23.1 Å². The van der Waals surface area contributed by atoms with Crippen LogP contribution in [0.25, 0.3) is 0 Å². The number of carbonyl (C=O) groups excluding carboxylic acids is 3. The molecule has 7 atom stereocenters. The Labute approximate surface area is 207 Å². The van der Waals surface area contributed by atoms with Crippen molar-refractivity contribution in [3.05, 3.63) is 59.4 Å². The maximum atomic E-state index is 13.4. The molecule has 35 heavy (non-hydrogen) atoms. The van der Waals surface area contributed by atoms with Crippen molar-refractivity contribution in [2.45, 2.75) is 71.8 Å². The molecular weight excluding hydrogens is 443 g/mol. The quantitative estimate of drug-likeness (QED) is 0.514. The van der Waals surface area contributed by atoms with Gasteiger partial charge in [0, 0.05) is 17.8 Å². The molecule has 2 saturated carbocycles. The van der Waals surface area contributed by atoms with E-state index in [1.165, 1.54) is 12.1 Å². The van der Waals surface area contributed by atoms with Crippen molar-refractivity contribution in [2.24, 2.45) is 34.5 Å². The van der Waals surface area contributed by atoms with Crippen LogP contribution in [0.4, 0.5) is 4.39 Å². The third kappa shape index (κ3) is 3.48. The van der Waals surface area contributed by atoms with E-state index < -0.39 is 17.0 Å². The van der Waals surface area contributed by atoms with Gasteiger partial charge in [-0.1, -0.05) is 45.1 Å². The van der Waals surface area contributed by atoms with Gasteiger partial charge in [0.1, 0.15) is 5.82 Å². The van der Waals surface area contributed by atoms with Crippen LogP contribution >= 0.6 is 0 Å². The Hall–Kier alpha value is -2.56. The molecule has 0 spiro atoms. The molecule has 0 N–H and O–H groups in total. The molecule has 0 heterocycles. The highest BCUT2D eigenvalue weighted by molar-refractivity contribution is 5.92. The normalized spacial score (nSPS) is 39.8. The van der Waals surface area contributed by atoms with E-state index in [9.17, 15) is 18.8 Å². The summed E-state index contributed by atoms with van der Waals surface area (Å²) in [6.45, 7) is 8.06. The molecule has 0 unspecified atom stereocenters. The van der Waals surface area contributed by atoms with Gasteiger partial charge < -0.3 is 4.74 Å². The van der Waals surface area contributed by atoms with Crippen LogP contribution in [0.3, 0.4) is 0 Å². The van der Waals surface area contributed by atoms with Crippen LogP contribution in [0.2, 0.25) is 0 Å². The topological polar surface area (TPSA) is 60.4 Å². The standard InChI is InChI=1S/C30H35FO4/c1-18-15-26-24-10-7-21-17-23(33)11-13-28(21,3)25(24)12-14-29(26,4)30(18,19(2)32)35-27(34)16-20-5-8-22(31)9-6-20/h5-10,17-18,24-26H,11-16H2,1-4H3/t18-,24+,25-,26-,28-,29-,30-/m0/s1. The molecule has 1 aromatic carbocycles. The largest absolute Gasteiger partial charge is 0.450 e. The maximum Gasteiger partial charge on any atom is 0.311 e. The fourth-order valence-corrected chi connectivity index (χ4v) is 8.35. The van der Waals surface area contributed by atoms with Gasteiger partial charge in [-0.25, -0.2) is 4.39 Å². The summed E-state index contributed by atoms with van der Waals surface area (Å²) < 4.78 is 19.5. The van der Waals surface area contributed by atoms with Crippen molar-refractivity contribution in [1.82, 2.24) is 0 Å². The Kier molecular flexibility index (Phi) is 5.69. The van der Waals surface area contributed by atoms with Crippen molar-refractivity contribution in [2.75, 3.05) is 0 Å². The number of halogens is 1. The van der Waals surface area contributed by atoms with Crippen LogP contribution in [0, 0.1) is 40.3 Å². The number of esters is 1. The Morgan fingerprint density at radius 2 is 1.83 bits per heavy atom. The summed E-state index contributed by atoms with van der Waals surface area (Å²) in [6, 6.07) is 5.83. The molecule has 0 amide bonds. The number of rotatable bonds is 4. The molecule has 0 aliphatic heterocycles. The van der Waals surface area contributed by atoms with Gasteiger partial charge in [0.2, 0.25) is 0 Å². The lowest BCUT2D eigenvalue weighted by Crippen LogP contribution is -2.60. The van der Waals surface area contributed by atoms with E-state index in [1.807, 2.05) is 13.0 Å². The minimum absolute atomic E-state index is 0.00892. The van der Waals surface area contributed by atoms with E-state index in [-0.39, 0.29) is 47.0 Å². The highest BCUT2D eigenvalue weighted by Gasteiger charge is 2.70. The first-order valence-corrected chi connectivity index (χ1v) is 12.9. The van der Waals surface area contributed by atoms with E-state index >= 15 is 0 Å². The summed E-state index contributed by atoms with van der Waals surface area (Å²) in [7, 11) is 0. The van der Waals surface area contributed by atoms with Crippen LogP contribution in [0.5, 0.6) is 0 Å². The van der Waals surface area contributed by atoms with Gasteiger partial charge in [0.15, 0.2) is 17.2 Å². The molecule has 186 valence electrons. The summed E-state index contributed by atoms with van der Waals surface area (Å²) in [5.74, 6) is 0.134. The Bertz CT molecular complexity index is 1130. The van der Waals surface area contributed by atoms with E-state index in [2.05, 4.69) is 26.0 Å². The number of ether oxygens (including phenoxy) is 1. The summed E-state index contributed by atoms with van der Waals surface area (Å²) >= 11 is 0. The van der Waals surface area contributed by atoms with E-state index in [0.29, 0.717) is 17.9 Å². The van der Waals surface area contributed by atoms with E-state index in [4.69, 9.17) is 4.74 Å². The second-order valence-corrected chi connectivity index (χ2v) is 11.8. The van der Waals surface area contributed by atoms with Gasteiger partial charge in [0.05, 0.1) is 6.42 Å². The molecule has 0 aromatic heterocycles. The highest BCUT2D eigenvalue weighted by Crippen LogP contribution is 2.68. The smallest absolute Gasteiger partial charge is 0.311 e. The molecule has 4 nitrogen and oxygen atoms in total. The van der Waals surface area contributed by atoms with Crippen LogP contribution in [0.1, 0.15) is 65.4 Å². The van der Waals surface area contributed by atoms with Gasteiger partial charge in [-0.3, -0.25) is 14.4 Å². The summed E-state index contributed by atoms with van der Waals surface area (Å²) in [4.78, 5) is 38.6. The lowest BCUT2D eigenvalue weighted by molar-refractivity contribution is -0.192. The number of carbonyl (C=O) groups is 3. The summed E-state index contributed by atoms with van der Waals surface area (Å²) in [5, 5.41) is 0. The van der Waals surface area contributed by atoms with Gasteiger partial charge in [-0.2, -0.15) is 0 Å². The van der Waals surface area contributed by atoms with Crippen molar-refractivity contribution < 1.29 is 23.5 Å². The fourth-order valence-electron chi connectivity index (χ4n) is 8.35. The molecule has 0 saturated heterocycles. The van der Waals surface area contributed by atoms with E-state index in [1.54, 1.807) is 19.1 Å². The molecular formula is C30H35FO4. The Morgan fingerprint density at radius 1 is 1.11 bits per heavy atom. The monoisotopic (exact) mass is 478 g/mol. The second kappa shape index (κ2) is 8.25. The average Bonchev–Trinajstić information content (AvgIpc) is 3.03. The molecule has 5 heteroatoms. The second-order valence-electron chi connectivity index (χ2n) is 11.8. The minimum Gasteiger partial charge on any atom is -0.450 e. The molecule has 0 radical (unpaired) electrons. The zero-order chi connectivity index (χ0) is 25.2. The van der Waals surface area contributed by atoms with Crippen molar-refractivity contribution in [1.29, 1.82) is 0 Å². The Balaban J connectivity index is 1.47. The van der Waals surface area contributed by atoms with E-state index in [0.717, 1.165) is 31.3 Å². The molecule has 0 bridgehead atoms. The Morgan fingerprint density at radius 3 is 2.51 bits per heavy atom. The number of hydrogen-bond donors (Lipinski definition) is 0. The molecule has 4 aliphatic rings. The SMILES string of the molecule is CC(=O)[C@@]1(OC(=O)Cc2ccc(F)cc2)[C@@H](C)C[C@H]2[C@@H]3C=CC4=CC(=O)CC[C@]4(C)[C@H]3CC[C@@]21C. The minimum atomic E-state index is -1.17. The number of hydrogen-bond acceptors (Lipinski definition) is 4. The number of Topliss-reactive ketones (excluding diaryl/α,β-unsaturated/α-hetero) is 1. The lowest BCUT2D eigenvalue weighted by atomic mass is 9.48. The van der Waals surface area contributed by atoms with Gasteiger partial charge >= 0.3 is 5.97 Å².